The van der Waals surface area contributed by atoms with Crippen molar-refractivity contribution in [3.63, 3.8) is 0 Å². The van der Waals surface area contributed by atoms with Crippen molar-refractivity contribution in [2.45, 2.75) is 77.2 Å². The maximum Gasteiger partial charge on any atom is 0.222 e. The Morgan fingerprint density at radius 3 is 2.47 bits per heavy atom. The van der Waals surface area contributed by atoms with E-state index in [1.54, 1.807) is 12.1 Å². The van der Waals surface area contributed by atoms with Gasteiger partial charge in [-0.2, -0.15) is 0 Å². The molecule has 174 valence electrons. The number of benzene rings is 2. The van der Waals surface area contributed by atoms with Crippen LogP contribution in [0.2, 0.25) is 0 Å². The molecule has 1 fully saturated rings. The third-order valence-electron chi connectivity index (χ3n) is 6.65. The molecule has 1 saturated carbocycles. The van der Waals surface area contributed by atoms with Crippen LogP contribution in [0.3, 0.4) is 0 Å². The molecule has 0 saturated heterocycles. The number of hydrogen-bond acceptors (Lipinski definition) is 3. The molecule has 0 bridgehead atoms. The van der Waals surface area contributed by atoms with E-state index in [0.717, 1.165) is 49.8 Å². The lowest BCUT2D eigenvalue weighted by Gasteiger charge is -2.31. The second kappa shape index (κ2) is 11.9. The summed E-state index contributed by atoms with van der Waals surface area (Å²) in [5.74, 6) is 1.64. The molecule has 0 heterocycles. The molecule has 3 rings (SSSR count). The monoisotopic (exact) mass is 440 g/mol. The molecule has 2 N–H and O–H groups in total. The van der Waals surface area contributed by atoms with E-state index in [0.29, 0.717) is 29.9 Å². The van der Waals surface area contributed by atoms with Gasteiger partial charge >= 0.3 is 0 Å². The molecule has 1 aliphatic carbocycles. The summed E-state index contributed by atoms with van der Waals surface area (Å²) in [4.78, 5) is 14.8. The predicted molar refractivity (Wildman–Crippen MR) is 128 cm³/mol. The number of nitrogen functional groups attached to an aromatic ring is 1. The van der Waals surface area contributed by atoms with Gasteiger partial charge in [-0.3, -0.25) is 4.79 Å². The molecule has 0 aliphatic heterocycles. The largest absolute Gasteiger partial charge is 0.457 e. The molecule has 5 heteroatoms. The molecule has 1 amide bonds. The highest BCUT2D eigenvalue weighted by molar-refractivity contribution is 5.76. The van der Waals surface area contributed by atoms with E-state index in [1.165, 1.54) is 31.4 Å². The van der Waals surface area contributed by atoms with E-state index in [9.17, 15) is 9.18 Å². The Morgan fingerprint density at radius 2 is 1.78 bits per heavy atom. The number of halogens is 1. The Hall–Kier alpha value is -2.56. The number of amides is 1. The van der Waals surface area contributed by atoms with E-state index < -0.39 is 0 Å². The predicted octanol–water partition coefficient (Wildman–Crippen LogP) is 6.73. The number of anilines is 1. The molecule has 1 unspecified atom stereocenters. The lowest BCUT2D eigenvalue weighted by molar-refractivity contribution is -0.132. The first kappa shape index (κ1) is 24.1. The maximum atomic E-state index is 13.1. The summed E-state index contributed by atoms with van der Waals surface area (Å²) in [6.45, 7) is 2.18. The van der Waals surface area contributed by atoms with Crippen LogP contribution in [0.15, 0.2) is 42.5 Å². The second-order valence-electron chi connectivity index (χ2n) is 9.11. The Bertz CT molecular complexity index is 862. The fourth-order valence-electron chi connectivity index (χ4n) is 4.70. The van der Waals surface area contributed by atoms with Crippen LogP contribution in [0.25, 0.3) is 0 Å². The van der Waals surface area contributed by atoms with Gasteiger partial charge in [0.2, 0.25) is 5.91 Å². The zero-order chi connectivity index (χ0) is 22.9. The molecule has 4 nitrogen and oxygen atoms in total. The smallest absolute Gasteiger partial charge is 0.222 e. The Morgan fingerprint density at radius 1 is 1.09 bits per heavy atom. The minimum Gasteiger partial charge on any atom is -0.457 e. The van der Waals surface area contributed by atoms with Crippen LogP contribution in [0.1, 0.15) is 70.3 Å². The first-order chi connectivity index (χ1) is 15.5. The van der Waals surface area contributed by atoms with Gasteiger partial charge in [-0.1, -0.05) is 39.0 Å². The van der Waals surface area contributed by atoms with Gasteiger partial charge in [0.1, 0.15) is 17.3 Å². The van der Waals surface area contributed by atoms with Crippen LogP contribution < -0.4 is 10.5 Å². The summed E-state index contributed by atoms with van der Waals surface area (Å²) >= 11 is 0. The summed E-state index contributed by atoms with van der Waals surface area (Å²) < 4.78 is 19.0. The highest BCUT2D eigenvalue weighted by Crippen LogP contribution is 2.29. The number of nitrogens with zero attached hydrogens (tertiary/aromatic N) is 1. The van der Waals surface area contributed by atoms with Gasteiger partial charge in [0.05, 0.1) is 0 Å². The lowest BCUT2D eigenvalue weighted by Crippen LogP contribution is -2.38. The van der Waals surface area contributed by atoms with Crippen LogP contribution in [0.4, 0.5) is 10.1 Å². The molecule has 1 atom stereocenters. The number of carbonyl (C=O) groups excluding carboxylic acids is 1. The molecule has 0 radical (unpaired) electrons. The quantitative estimate of drug-likeness (QED) is 0.417. The van der Waals surface area contributed by atoms with Gasteiger partial charge in [-0.25, -0.2) is 4.39 Å². The SMILES string of the molecule is CCCC(CCC(=O)N(C)C1CCCCC1)Cc1cc(Oc2ccc(F)cc2)ccc1N. The lowest BCUT2D eigenvalue weighted by atomic mass is 9.89. The van der Waals surface area contributed by atoms with Crippen molar-refractivity contribution in [2.75, 3.05) is 12.8 Å². The fraction of sp³-hybridized carbons (Fsp3) is 0.519. The minimum absolute atomic E-state index is 0.263. The van der Waals surface area contributed by atoms with Crippen molar-refractivity contribution < 1.29 is 13.9 Å². The summed E-state index contributed by atoms with van der Waals surface area (Å²) in [5.41, 5.74) is 8.05. The number of rotatable bonds is 10. The molecular formula is C27H37FN2O2. The second-order valence-corrected chi connectivity index (χ2v) is 9.11. The summed E-state index contributed by atoms with van der Waals surface area (Å²) in [6.07, 6.45) is 10.4. The zero-order valence-corrected chi connectivity index (χ0v) is 19.5. The molecule has 32 heavy (non-hydrogen) atoms. The van der Waals surface area contributed by atoms with Crippen molar-refractivity contribution in [2.24, 2.45) is 5.92 Å². The van der Waals surface area contributed by atoms with Crippen LogP contribution in [0.5, 0.6) is 11.5 Å². The third kappa shape index (κ3) is 6.98. The topological polar surface area (TPSA) is 55.6 Å². The molecular weight excluding hydrogens is 403 g/mol. The first-order valence-electron chi connectivity index (χ1n) is 12.0. The van der Waals surface area contributed by atoms with Gasteiger partial charge in [0, 0.05) is 25.2 Å². The summed E-state index contributed by atoms with van der Waals surface area (Å²) in [6, 6.07) is 12.1. The first-order valence-corrected chi connectivity index (χ1v) is 12.0. The van der Waals surface area contributed by atoms with Crippen molar-refractivity contribution in [1.82, 2.24) is 4.90 Å². The fourth-order valence-corrected chi connectivity index (χ4v) is 4.70. The van der Waals surface area contributed by atoms with E-state index in [2.05, 4.69) is 6.92 Å². The average molecular weight is 441 g/mol. The number of ether oxygens (including phenoxy) is 1. The Labute approximate surface area is 191 Å². The van der Waals surface area contributed by atoms with Crippen molar-refractivity contribution >= 4 is 11.6 Å². The standard InChI is InChI=1S/C27H37FN2O2/c1-3-7-20(10-17-27(31)30(2)23-8-5-4-6-9-23)18-21-19-25(15-16-26(21)29)32-24-13-11-22(28)12-14-24/h11-16,19-20,23H,3-10,17-18,29H2,1-2H3. The van der Waals surface area contributed by atoms with Gasteiger partial charge in [0.25, 0.3) is 0 Å². The van der Waals surface area contributed by atoms with Crippen LogP contribution in [-0.4, -0.2) is 23.9 Å². The molecule has 2 aromatic rings. The van der Waals surface area contributed by atoms with Crippen molar-refractivity contribution in [3.8, 4) is 11.5 Å². The highest BCUT2D eigenvalue weighted by Gasteiger charge is 2.23. The molecule has 0 aromatic heterocycles. The third-order valence-corrected chi connectivity index (χ3v) is 6.65. The molecule has 0 spiro atoms. The van der Waals surface area contributed by atoms with Gasteiger partial charge in [-0.15, -0.1) is 0 Å². The van der Waals surface area contributed by atoms with Crippen LogP contribution in [0, 0.1) is 11.7 Å². The number of hydrogen-bond donors (Lipinski definition) is 1. The van der Waals surface area contributed by atoms with Crippen molar-refractivity contribution in [1.29, 1.82) is 0 Å². The summed E-state index contributed by atoms with van der Waals surface area (Å²) in [7, 11) is 1.97. The van der Waals surface area contributed by atoms with Crippen LogP contribution >= 0.6 is 0 Å². The van der Waals surface area contributed by atoms with E-state index in [4.69, 9.17) is 10.5 Å². The zero-order valence-electron chi connectivity index (χ0n) is 19.5. The van der Waals surface area contributed by atoms with Gasteiger partial charge < -0.3 is 15.4 Å². The van der Waals surface area contributed by atoms with Crippen molar-refractivity contribution in [3.05, 3.63) is 53.8 Å². The number of carbonyl (C=O) groups is 1. The van der Waals surface area contributed by atoms with E-state index in [1.807, 2.05) is 30.1 Å². The number of nitrogens with two attached hydrogens (primary N) is 1. The normalized spacial score (nSPS) is 15.3. The van der Waals surface area contributed by atoms with Crippen LogP contribution in [-0.2, 0) is 11.2 Å². The van der Waals surface area contributed by atoms with E-state index >= 15 is 0 Å². The Balaban J connectivity index is 1.60. The average Bonchev–Trinajstić information content (AvgIpc) is 2.81. The molecule has 2 aromatic carbocycles. The highest BCUT2D eigenvalue weighted by atomic mass is 19.1. The van der Waals surface area contributed by atoms with Gasteiger partial charge in [0.15, 0.2) is 0 Å². The minimum atomic E-state index is -0.290. The molecule has 1 aliphatic rings. The maximum absolute atomic E-state index is 13.1. The van der Waals surface area contributed by atoms with Gasteiger partial charge in [-0.05, 0) is 79.6 Å². The Kier molecular flexibility index (Phi) is 8.95. The summed E-state index contributed by atoms with van der Waals surface area (Å²) in [5, 5.41) is 0. The van der Waals surface area contributed by atoms with E-state index in [-0.39, 0.29) is 11.7 Å².